The second-order valence-electron chi connectivity index (χ2n) is 4.13. The molecule has 1 aromatic heterocycles. The maximum Gasteiger partial charge on any atom is 0.165 e. The van der Waals surface area contributed by atoms with E-state index in [0.717, 1.165) is 0 Å². The fourth-order valence-corrected chi connectivity index (χ4v) is 1.89. The molecule has 0 spiro atoms. The SMILES string of the molecule is Fc1ccccc1-n1cc(Oc2ccc(Cl)cc2)cn1. The van der Waals surface area contributed by atoms with Gasteiger partial charge in [-0.25, -0.2) is 9.07 Å². The second-order valence-corrected chi connectivity index (χ2v) is 4.56. The predicted molar refractivity (Wildman–Crippen MR) is 75.0 cm³/mol. The Kier molecular flexibility index (Phi) is 3.39. The van der Waals surface area contributed by atoms with E-state index in [9.17, 15) is 4.39 Å². The standard InChI is InChI=1S/C15H10ClFN2O/c16-11-5-7-12(8-6-11)20-13-9-18-19(10-13)15-4-2-1-3-14(15)17/h1-10H. The van der Waals surface area contributed by atoms with E-state index < -0.39 is 0 Å². The lowest BCUT2D eigenvalue weighted by Crippen LogP contribution is -1.96. The monoisotopic (exact) mass is 288 g/mol. The molecular weight excluding hydrogens is 279 g/mol. The first-order valence-electron chi connectivity index (χ1n) is 5.95. The summed E-state index contributed by atoms with van der Waals surface area (Å²) < 4.78 is 20.7. The number of nitrogens with zero attached hydrogens (tertiary/aromatic N) is 2. The maximum atomic E-state index is 13.6. The van der Waals surface area contributed by atoms with Crippen molar-refractivity contribution in [2.75, 3.05) is 0 Å². The highest BCUT2D eigenvalue weighted by atomic mass is 35.5. The summed E-state index contributed by atoms with van der Waals surface area (Å²) in [6.45, 7) is 0. The molecule has 100 valence electrons. The molecule has 0 fully saturated rings. The summed E-state index contributed by atoms with van der Waals surface area (Å²) in [5, 5.41) is 4.72. The molecule has 0 aliphatic carbocycles. The summed E-state index contributed by atoms with van der Waals surface area (Å²) >= 11 is 5.80. The average Bonchev–Trinajstić information content (AvgIpc) is 2.90. The molecule has 20 heavy (non-hydrogen) atoms. The van der Waals surface area contributed by atoms with Gasteiger partial charge in [0.1, 0.15) is 17.3 Å². The van der Waals surface area contributed by atoms with Crippen LogP contribution < -0.4 is 4.74 Å². The Bertz CT molecular complexity index is 725. The Labute approximate surface area is 120 Å². The van der Waals surface area contributed by atoms with Crippen LogP contribution in [0.25, 0.3) is 5.69 Å². The van der Waals surface area contributed by atoms with Crippen LogP contribution >= 0.6 is 11.6 Å². The van der Waals surface area contributed by atoms with Crippen molar-refractivity contribution in [3.05, 3.63) is 71.8 Å². The Morgan fingerprint density at radius 3 is 2.50 bits per heavy atom. The molecule has 0 N–H and O–H groups in total. The molecule has 0 atom stereocenters. The fraction of sp³-hybridized carbons (Fsp3) is 0. The third-order valence-corrected chi connectivity index (χ3v) is 2.96. The Morgan fingerprint density at radius 1 is 1.00 bits per heavy atom. The number of aromatic nitrogens is 2. The third kappa shape index (κ3) is 2.65. The van der Waals surface area contributed by atoms with Gasteiger partial charge in [0, 0.05) is 5.02 Å². The first kappa shape index (κ1) is 12.7. The van der Waals surface area contributed by atoms with Crippen LogP contribution in [0.5, 0.6) is 11.5 Å². The summed E-state index contributed by atoms with van der Waals surface area (Å²) in [5.41, 5.74) is 0.374. The smallest absolute Gasteiger partial charge is 0.165 e. The number of hydrogen-bond donors (Lipinski definition) is 0. The van der Waals surface area contributed by atoms with Crippen molar-refractivity contribution in [2.45, 2.75) is 0 Å². The molecule has 5 heteroatoms. The molecule has 3 aromatic rings. The van der Waals surface area contributed by atoms with Crippen LogP contribution in [-0.4, -0.2) is 9.78 Å². The van der Waals surface area contributed by atoms with E-state index in [1.165, 1.54) is 16.9 Å². The largest absolute Gasteiger partial charge is 0.454 e. The lowest BCUT2D eigenvalue weighted by Gasteiger charge is -2.03. The molecule has 3 rings (SSSR count). The minimum absolute atomic E-state index is 0.339. The molecular formula is C15H10ClFN2O. The van der Waals surface area contributed by atoms with E-state index in [2.05, 4.69) is 5.10 Å². The fourth-order valence-electron chi connectivity index (χ4n) is 1.77. The van der Waals surface area contributed by atoms with E-state index >= 15 is 0 Å². The van der Waals surface area contributed by atoms with E-state index in [4.69, 9.17) is 16.3 Å². The van der Waals surface area contributed by atoms with Crippen molar-refractivity contribution in [1.82, 2.24) is 9.78 Å². The summed E-state index contributed by atoms with van der Waals surface area (Å²) in [6.07, 6.45) is 3.15. The van der Waals surface area contributed by atoms with Crippen LogP contribution in [0.1, 0.15) is 0 Å². The van der Waals surface area contributed by atoms with Crippen molar-refractivity contribution < 1.29 is 9.13 Å². The van der Waals surface area contributed by atoms with Crippen LogP contribution in [0.2, 0.25) is 5.02 Å². The minimum atomic E-state index is -0.339. The lowest BCUT2D eigenvalue weighted by molar-refractivity contribution is 0.482. The molecule has 0 bridgehead atoms. The molecule has 0 aliphatic heterocycles. The molecule has 0 amide bonds. The molecule has 0 unspecified atom stereocenters. The topological polar surface area (TPSA) is 27.1 Å². The zero-order valence-corrected chi connectivity index (χ0v) is 11.1. The highest BCUT2D eigenvalue weighted by Crippen LogP contribution is 2.23. The summed E-state index contributed by atoms with van der Waals surface area (Å²) in [6, 6.07) is 13.4. The highest BCUT2D eigenvalue weighted by molar-refractivity contribution is 6.30. The van der Waals surface area contributed by atoms with E-state index in [0.29, 0.717) is 22.2 Å². The average molecular weight is 289 g/mol. The first-order chi connectivity index (χ1) is 9.72. The highest BCUT2D eigenvalue weighted by Gasteiger charge is 2.06. The molecule has 0 radical (unpaired) electrons. The molecule has 0 saturated heterocycles. The normalized spacial score (nSPS) is 10.5. The third-order valence-electron chi connectivity index (χ3n) is 2.71. The first-order valence-corrected chi connectivity index (χ1v) is 6.33. The van der Waals surface area contributed by atoms with Gasteiger partial charge in [-0.1, -0.05) is 23.7 Å². The van der Waals surface area contributed by atoms with Gasteiger partial charge < -0.3 is 4.74 Å². The molecule has 1 heterocycles. The lowest BCUT2D eigenvalue weighted by atomic mass is 10.3. The molecule has 0 saturated carbocycles. The van der Waals surface area contributed by atoms with Gasteiger partial charge >= 0.3 is 0 Å². The van der Waals surface area contributed by atoms with E-state index in [-0.39, 0.29) is 5.82 Å². The zero-order valence-electron chi connectivity index (χ0n) is 10.3. The van der Waals surface area contributed by atoms with Gasteiger partial charge in [-0.15, -0.1) is 0 Å². The number of halogens is 2. The Hall–Kier alpha value is -2.33. The van der Waals surface area contributed by atoms with Gasteiger partial charge in [0.2, 0.25) is 0 Å². The number of hydrogen-bond acceptors (Lipinski definition) is 2. The van der Waals surface area contributed by atoms with Gasteiger partial charge in [-0.2, -0.15) is 5.10 Å². The number of ether oxygens (including phenoxy) is 1. The molecule has 0 aliphatic rings. The Morgan fingerprint density at radius 2 is 1.75 bits per heavy atom. The van der Waals surface area contributed by atoms with Gasteiger partial charge in [-0.3, -0.25) is 0 Å². The summed E-state index contributed by atoms with van der Waals surface area (Å²) in [7, 11) is 0. The molecule has 3 nitrogen and oxygen atoms in total. The van der Waals surface area contributed by atoms with Crippen molar-refractivity contribution in [3.8, 4) is 17.2 Å². The maximum absolute atomic E-state index is 13.6. The number of rotatable bonds is 3. The van der Waals surface area contributed by atoms with Crippen molar-refractivity contribution in [2.24, 2.45) is 0 Å². The van der Waals surface area contributed by atoms with Gasteiger partial charge in [0.05, 0.1) is 12.4 Å². The Balaban J connectivity index is 1.84. The second kappa shape index (κ2) is 5.35. The molecule has 2 aromatic carbocycles. The number of benzene rings is 2. The summed E-state index contributed by atoms with van der Waals surface area (Å²) in [5.74, 6) is 0.826. The quantitative estimate of drug-likeness (QED) is 0.711. The summed E-state index contributed by atoms with van der Waals surface area (Å²) in [4.78, 5) is 0. The van der Waals surface area contributed by atoms with Crippen LogP contribution in [0, 0.1) is 5.82 Å². The van der Waals surface area contributed by atoms with Gasteiger partial charge in [0.25, 0.3) is 0 Å². The van der Waals surface area contributed by atoms with Crippen LogP contribution in [-0.2, 0) is 0 Å². The van der Waals surface area contributed by atoms with Crippen molar-refractivity contribution in [1.29, 1.82) is 0 Å². The van der Waals surface area contributed by atoms with E-state index in [1.54, 1.807) is 48.7 Å². The number of para-hydroxylation sites is 1. The minimum Gasteiger partial charge on any atom is -0.454 e. The zero-order chi connectivity index (χ0) is 13.9. The van der Waals surface area contributed by atoms with Gasteiger partial charge in [-0.05, 0) is 36.4 Å². The van der Waals surface area contributed by atoms with Gasteiger partial charge in [0.15, 0.2) is 5.75 Å². The van der Waals surface area contributed by atoms with Crippen LogP contribution in [0.3, 0.4) is 0 Å². The van der Waals surface area contributed by atoms with Crippen molar-refractivity contribution >= 4 is 11.6 Å². The van der Waals surface area contributed by atoms with Crippen molar-refractivity contribution in [3.63, 3.8) is 0 Å². The predicted octanol–water partition coefficient (Wildman–Crippen LogP) is 4.46. The van der Waals surface area contributed by atoms with Crippen LogP contribution in [0.15, 0.2) is 60.9 Å². The van der Waals surface area contributed by atoms with Crippen LogP contribution in [0.4, 0.5) is 4.39 Å². The van der Waals surface area contributed by atoms with E-state index in [1.807, 2.05) is 0 Å².